The summed E-state index contributed by atoms with van der Waals surface area (Å²) in [5.41, 5.74) is -0.441. The first-order chi connectivity index (χ1) is 8.88. The fourth-order valence-electron chi connectivity index (χ4n) is 1.82. The molecule has 104 valence electrons. The summed E-state index contributed by atoms with van der Waals surface area (Å²) >= 11 is 0. The second-order valence-corrected chi connectivity index (χ2v) is 4.74. The highest BCUT2D eigenvalue weighted by atomic mass is 19.4. The Balaban J connectivity index is 2.10. The molecule has 1 fully saturated rings. The number of hydrogen-bond donors (Lipinski definition) is 2. The fourth-order valence-corrected chi connectivity index (χ4v) is 1.82. The molecular weight excluding hydrogens is 259 g/mol. The smallest absolute Gasteiger partial charge is 0.416 e. The molecule has 1 aromatic rings. The molecule has 0 radical (unpaired) electrons. The maximum atomic E-state index is 12.4. The number of aliphatic carboxylic acids is 1. The van der Waals surface area contributed by atoms with E-state index in [4.69, 9.17) is 5.11 Å². The maximum absolute atomic E-state index is 12.4. The number of alkyl halides is 3. The zero-order chi connectivity index (χ0) is 14.0. The Kier molecular flexibility index (Phi) is 3.80. The van der Waals surface area contributed by atoms with Crippen LogP contribution in [0, 0.1) is 5.92 Å². The molecule has 19 heavy (non-hydrogen) atoms. The van der Waals surface area contributed by atoms with Crippen molar-refractivity contribution in [2.45, 2.75) is 25.1 Å². The molecule has 0 aromatic heterocycles. The third-order valence-corrected chi connectivity index (χ3v) is 3.13. The molecule has 2 N–H and O–H groups in total. The molecule has 0 bridgehead atoms. The van der Waals surface area contributed by atoms with Crippen LogP contribution in [0.3, 0.4) is 0 Å². The molecular formula is C13H14F3NO2. The summed E-state index contributed by atoms with van der Waals surface area (Å²) < 4.78 is 37.2. The molecule has 1 aromatic carbocycles. The van der Waals surface area contributed by atoms with Crippen molar-refractivity contribution in [2.75, 3.05) is 6.54 Å². The average Bonchev–Trinajstić information content (AvgIpc) is 3.12. The monoisotopic (exact) mass is 273 g/mol. The Morgan fingerprint density at radius 1 is 1.32 bits per heavy atom. The SMILES string of the molecule is O=C(O)C(NCC1CC1)c1ccc(C(F)(F)F)cc1. The van der Waals surface area contributed by atoms with Gasteiger partial charge in [0.05, 0.1) is 5.56 Å². The lowest BCUT2D eigenvalue weighted by Gasteiger charge is -2.15. The Morgan fingerprint density at radius 3 is 2.32 bits per heavy atom. The van der Waals surface area contributed by atoms with Crippen LogP contribution in [0.4, 0.5) is 13.2 Å². The van der Waals surface area contributed by atoms with Gasteiger partial charge in [-0.25, -0.2) is 0 Å². The van der Waals surface area contributed by atoms with Gasteiger partial charge in [0.25, 0.3) is 0 Å². The molecule has 1 unspecified atom stereocenters. The summed E-state index contributed by atoms with van der Waals surface area (Å²) in [5, 5.41) is 12.0. The minimum Gasteiger partial charge on any atom is -0.480 e. The Morgan fingerprint density at radius 2 is 1.89 bits per heavy atom. The van der Waals surface area contributed by atoms with E-state index in [9.17, 15) is 18.0 Å². The first kappa shape index (κ1) is 13.9. The normalized spacial score (nSPS) is 17.2. The van der Waals surface area contributed by atoms with Gasteiger partial charge in [-0.1, -0.05) is 12.1 Å². The maximum Gasteiger partial charge on any atom is 0.416 e. The fraction of sp³-hybridized carbons (Fsp3) is 0.462. The van der Waals surface area contributed by atoms with Gasteiger partial charge in [-0.3, -0.25) is 4.79 Å². The van der Waals surface area contributed by atoms with Crippen LogP contribution in [0.5, 0.6) is 0 Å². The predicted octanol–water partition coefficient (Wildman–Crippen LogP) is 2.83. The van der Waals surface area contributed by atoms with Crippen LogP contribution in [0.25, 0.3) is 0 Å². The van der Waals surface area contributed by atoms with Crippen LogP contribution in [0.2, 0.25) is 0 Å². The second-order valence-electron chi connectivity index (χ2n) is 4.74. The van der Waals surface area contributed by atoms with Crippen molar-refractivity contribution in [1.82, 2.24) is 5.32 Å². The van der Waals surface area contributed by atoms with Crippen molar-refractivity contribution in [1.29, 1.82) is 0 Å². The Hall–Kier alpha value is -1.56. The number of hydrogen-bond acceptors (Lipinski definition) is 2. The number of carboxylic acid groups (broad SMARTS) is 1. The summed E-state index contributed by atoms with van der Waals surface area (Å²) in [6.45, 7) is 0.581. The van der Waals surface area contributed by atoms with Crippen LogP contribution < -0.4 is 5.32 Å². The summed E-state index contributed by atoms with van der Waals surface area (Å²) in [6, 6.07) is 3.28. The van der Waals surface area contributed by atoms with Crippen LogP contribution in [0.15, 0.2) is 24.3 Å². The molecule has 1 saturated carbocycles. The molecule has 0 heterocycles. The molecule has 1 aliphatic carbocycles. The lowest BCUT2D eigenvalue weighted by Crippen LogP contribution is -2.30. The zero-order valence-electron chi connectivity index (χ0n) is 10.1. The predicted molar refractivity (Wildman–Crippen MR) is 62.5 cm³/mol. The minimum atomic E-state index is -4.40. The van der Waals surface area contributed by atoms with E-state index >= 15 is 0 Å². The summed E-state index contributed by atoms with van der Waals surface area (Å²) in [7, 11) is 0. The molecule has 2 rings (SSSR count). The van der Waals surface area contributed by atoms with Crippen LogP contribution in [0.1, 0.15) is 30.0 Å². The second kappa shape index (κ2) is 5.21. The highest BCUT2D eigenvalue weighted by Gasteiger charge is 2.31. The number of halogens is 3. The van der Waals surface area contributed by atoms with Crippen LogP contribution >= 0.6 is 0 Å². The average molecular weight is 273 g/mol. The minimum absolute atomic E-state index is 0.334. The van der Waals surface area contributed by atoms with Crippen molar-refractivity contribution in [2.24, 2.45) is 5.92 Å². The highest BCUT2D eigenvalue weighted by molar-refractivity contribution is 5.75. The van der Waals surface area contributed by atoms with E-state index < -0.39 is 23.8 Å². The molecule has 6 heteroatoms. The molecule has 3 nitrogen and oxygen atoms in total. The van der Waals surface area contributed by atoms with Crippen LogP contribution in [-0.4, -0.2) is 17.6 Å². The first-order valence-corrected chi connectivity index (χ1v) is 6.01. The van der Waals surface area contributed by atoms with Crippen LogP contribution in [-0.2, 0) is 11.0 Å². The number of carbonyl (C=O) groups is 1. The number of carboxylic acids is 1. The van der Waals surface area contributed by atoms with Crippen molar-refractivity contribution >= 4 is 5.97 Å². The molecule has 0 saturated heterocycles. The Labute approximate surface area is 108 Å². The number of rotatable bonds is 5. The summed E-state index contributed by atoms with van der Waals surface area (Å²) in [5.74, 6) is -0.586. The van der Waals surface area contributed by atoms with E-state index in [1.54, 1.807) is 0 Å². The molecule has 0 aliphatic heterocycles. The molecule has 0 amide bonds. The van der Waals surface area contributed by atoms with Gasteiger partial charge in [0, 0.05) is 0 Å². The largest absolute Gasteiger partial charge is 0.480 e. The van der Waals surface area contributed by atoms with Crippen molar-refractivity contribution < 1.29 is 23.1 Å². The van der Waals surface area contributed by atoms with Gasteiger partial charge in [0.15, 0.2) is 0 Å². The molecule has 1 atom stereocenters. The topological polar surface area (TPSA) is 49.3 Å². The quantitative estimate of drug-likeness (QED) is 0.867. The Bertz CT molecular complexity index is 452. The van der Waals surface area contributed by atoms with Crippen molar-refractivity contribution in [3.05, 3.63) is 35.4 Å². The number of benzene rings is 1. The third-order valence-electron chi connectivity index (χ3n) is 3.13. The van der Waals surface area contributed by atoms with Gasteiger partial charge in [0.2, 0.25) is 0 Å². The van der Waals surface area contributed by atoms with Gasteiger partial charge >= 0.3 is 12.1 Å². The van der Waals surface area contributed by atoms with Gasteiger partial charge in [-0.15, -0.1) is 0 Å². The van der Waals surface area contributed by atoms with E-state index in [-0.39, 0.29) is 0 Å². The van der Waals surface area contributed by atoms with E-state index in [2.05, 4.69) is 5.32 Å². The van der Waals surface area contributed by atoms with E-state index in [1.165, 1.54) is 12.1 Å². The highest BCUT2D eigenvalue weighted by Crippen LogP contribution is 2.31. The standard InChI is InChI=1S/C13H14F3NO2/c14-13(15,16)10-5-3-9(4-6-10)11(12(18)19)17-7-8-1-2-8/h3-6,8,11,17H,1-2,7H2,(H,18,19). The summed E-state index contributed by atoms with van der Waals surface area (Å²) in [6.07, 6.45) is -2.25. The lowest BCUT2D eigenvalue weighted by atomic mass is 10.0. The van der Waals surface area contributed by atoms with Crippen molar-refractivity contribution in [3.8, 4) is 0 Å². The van der Waals surface area contributed by atoms with Gasteiger partial charge in [0.1, 0.15) is 6.04 Å². The third kappa shape index (κ3) is 3.70. The molecule has 1 aliphatic rings. The first-order valence-electron chi connectivity index (χ1n) is 6.01. The number of nitrogens with one attached hydrogen (secondary N) is 1. The zero-order valence-corrected chi connectivity index (χ0v) is 10.1. The van der Waals surface area contributed by atoms with Gasteiger partial charge in [-0.05, 0) is 43.0 Å². The van der Waals surface area contributed by atoms with E-state index in [1.807, 2.05) is 0 Å². The van der Waals surface area contributed by atoms with Gasteiger partial charge < -0.3 is 10.4 Å². The van der Waals surface area contributed by atoms with E-state index in [0.717, 1.165) is 25.0 Å². The lowest BCUT2D eigenvalue weighted by molar-refractivity contribution is -0.139. The van der Waals surface area contributed by atoms with Gasteiger partial charge in [-0.2, -0.15) is 13.2 Å². The summed E-state index contributed by atoms with van der Waals surface area (Å²) in [4.78, 5) is 11.1. The van der Waals surface area contributed by atoms with E-state index in [0.29, 0.717) is 18.0 Å². The van der Waals surface area contributed by atoms with Crippen molar-refractivity contribution in [3.63, 3.8) is 0 Å². The molecule has 0 spiro atoms.